The van der Waals surface area contributed by atoms with Gasteiger partial charge in [0.2, 0.25) is 5.91 Å². The molecular weight excluding hydrogens is 212 g/mol. The van der Waals surface area contributed by atoms with Crippen molar-refractivity contribution in [1.29, 1.82) is 5.26 Å². The summed E-state index contributed by atoms with van der Waals surface area (Å²) in [5.41, 5.74) is 1.43. The lowest BCUT2D eigenvalue weighted by molar-refractivity contribution is -0.117. The number of anilines is 1. The molecule has 15 heavy (non-hydrogen) atoms. The van der Waals surface area contributed by atoms with E-state index in [0.717, 1.165) is 5.56 Å². The van der Waals surface area contributed by atoms with Crippen molar-refractivity contribution in [2.75, 3.05) is 11.4 Å². The number of thiophene rings is 1. The van der Waals surface area contributed by atoms with E-state index in [1.807, 2.05) is 12.3 Å². The molecule has 0 aliphatic carbocycles. The molecule has 1 N–H and O–H groups in total. The van der Waals surface area contributed by atoms with Gasteiger partial charge in [0.1, 0.15) is 11.1 Å². The van der Waals surface area contributed by atoms with Gasteiger partial charge in [-0.1, -0.05) is 0 Å². The number of carbonyl (C=O) groups is 1. The van der Waals surface area contributed by atoms with Crippen molar-refractivity contribution >= 4 is 22.2 Å². The lowest BCUT2D eigenvalue weighted by atomic mass is 10.2. The molecule has 2 heterocycles. The van der Waals surface area contributed by atoms with E-state index in [9.17, 15) is 9.90 Å². The number of nitriles is 1. The Bertz CT molecular complexity index is 447. The maximum atomic E-state index is 11.5. The van der Waals surface area contributed by atoms with E-state index in [2.05, 4.69) is 6.07 Å². The maximum absolute atomic E-state index is 11.5. The molecule has 1 aromatic rings. The predicted octanol–water partition coefficient (Wildman–Crippen LogP) is 1.03. The lowest BCUT2D eigenvalue weighted by Gasteiger charge is -2.13. The van der Waals surface area contributed by atoms with Crippen LogP contribution < -0.4 is 4.90 Å². The third-order valence-electron chi connectivity index (χ3n) is 2.42. The van der Waals surface area contributed by atoms with Gasteiger partial charge in [0.25, 0.3) is 0 Å². The first kappa shape index (κ1) is 10.1. The van der Waals surface area contributed by atoms with Gasteiger partial charge >= 0.3 is 0 Å². The number of hydrogen-bond donors (Lipinski definition) is 1. The Labute approximate surface area is 91.4 Å². The molecule has 1 saturated heterocycles. The summed E-state index contributed by atoms with van der Waals surface area (Å²) in [6, 6.07) is 2.09. The molecule has 0 saturated carbocycles. The van der Waals surface area contributed by atoms with Gasteiger partial charge in [-0.15, -0.1) is 11.3 Å². The standard InChI is InChI=1S/C10H10N2O2S/c1-6-5-15-10(8(6)3-11)12-4-7(13)2-9(12)14/h5,7,13H,2,4H2,1H3. The highest BCUT2D eigenvalue weighted by Gasteiger charge is 2.31. The molecule has 2 rings (SSSR count). The van der Waals surface area contributed by atoms with Gasteiger partial charge in [0.05, 0.1) is 24.6 Å². The Kier molecular flexibility index (Phi) is 2.47. The van der Waals surface area contributed by atoms with Crippen LogP contribution in [-0.4, -0.2) is 23.7 Å². The lowest BCUT2D eigenvalue weighted by Crippen LogP contribution is -2.25. The first-order valence-electron chi connectivity index (χ1n) is 4.60. The fraction of sp³-hybridized carbons (Fsp3) is 0.400. The fourth-order valence-electron chi connectivity index (χ4n) is 1.65. The summed E-state index contributed by atoms with van der Waals surface area (Å²) in [4.78, 5) is 13.0. The van der Waals surface area contributed by atoms with E-state index in [4.69, 9.17) is 5.26 Å². The quantitative estimate of drug-likeness (QED) is 0.771. The van der Waals surface area contributed by atoms with E-state index in [0.29, 0.717) is 17.1 Å². The molecule has 0 bridgehead atoms. The minimum Gasteiger partial charge on any atom is -0.391 e. The zero-order valence-corrected chi connectivity index (χ0v) is 9.04. The highest BCUT2D eigenvalue weighted by atomic mass is 32.1. The van der Waals surface area contributed by atoms with Crippen LogP contribution in [0.3, 0.4) is 0 Å². The van der Waals surface area contributed by atoms with Gasteiger partial charge in [-0.25, -0.2) is 0 Å². The molecular formula is C10H10N2O2S. The summed E-state index contributed by atoms with van der Waals surface area (Å²) < 4.78 is 0. The van der Waals surface area contributed by atoms with Crippen molar-refractivity contribution in [2.24, 2.45) is 0 Å². The number of aryl methyl sites for hydroxylation is 1. The molecule has 1 aliphatic rings. The van der Waals surface area contributed by atoms with Crippen molar-refractivity contribution in [3.63, 3.8) is 0 Å². The zero-order chi connectivity index (χ0) is 11.0. The van der Waals surface area contributed by atoms with Gasteiger partial charge in [-0.05, 0) is 17.9 Å². The van der Waals surface area contributed by atoms with Crippen LogP contribution in [0, 0.1) is 18.3 Å². The largest absolute Gasteiger partial charge is 0.391 e. The predicted molar refractivity (Wildman–Crippen MR) is 56.7 cm³/mol. The van der Waals surface area contributed by atoms with Crippen LogP contribution in [0.15, 0.2) is 5.38 Å². The summed E-state index contributed by atoms with van der Waals surface area (Å²) in [5.74, 6) is -0.110. The zero-order valence-electron chi connectivity index (χ0n) is 8.23. The Morgan fingerprint density at radius 2 is 2.47 bits per heavy atom. The van der Waals surface area contributed by atoms with E-state index >= 15 is 0 Å². The average Bonchev–Trinajstić information content (AvgIpc) is 2.69. The van der Waals surface area contributed by atoms with E-state index in [-0.39, 0.29) is 12.3 Å². The van der Waals surface area contributed by atoms with Crippen molar-refractivity contribution < 1.29 is 9.90 Å². The van der Waals surface area contributed by atoms with Crippen LogP contribution >= 0.6 is 11.3 Å². The number of rotatable bonds is 1. The molecule has 1 atom stereocenters. The maximum Gasteiger partial charge on any atom is 0.230 e. The Hall–Kier alpha value is -1.38. The summed E-state index contributed by atoms with van der Waals surface area (Å²) in [5, 5.41) is 20.8. The normalized spacial score (nSPS) is 20.7. The molecule has 1 fully saturated rings. The monoisotopic (exact) mass is 222 g/mol. The molecule has 78 valence electrons. The second kappa shape index (κ2) is 3.65. The number of aliphatic hydroxyl groups is 1. The molecule has 0 radical (unpaired) electrons. The highest BCUT2D eigenvalue weighted by molar-refractivity contribution is 7.14. The average molecular weight is 222 g/mol. The van der Waals surface area contributed by atoms with Gasteiger partial charge in [-0.3, -0.25) is 9.69 Å². The molecule has 1 amide bonds. The summed E-state index contributed by atoms with van der Waals surface area (Å²) in [6.45, 7) is 2.14. The minimum absolute atomic E-state index is 0.110. The molecule has 5 heteroatoms. The van der Waals surface area contributed by atoms with Crippen molar-refractivity contribution in [3.05, 3.63) is 16.5 Å². The summed E-state index contributed by atoms with van der Waals surface area (Å²) in [6.07, 6.45) is -0.451. The van der Waals surface area contributed by atoms with Gasteiger partial charge in [0, 0.05) is 0 Å². The number of nitrogens with zero attached hydrogens (tertiary/aromatic N) is 2. The number of β-amino-alcohol motifs (C(OH)–C–C–N with tert-alkyl or cyclic N) is 1. The number of amides is 1. The Morgan fingerprint density at radius 3 is 3.00 bits per heavy atom. The van der Waals surface area contributed by atoms with Gasteiger partial charge in [0.15, 0.2) is 0 Å². The number of aliphatic hydroxyl groups excluding tert-OH is 1. The first-order valence-corrected chi connectivity index (χ1v) is 5.48. The third-order valence-corrected chi connectivity index (χ3v) is 3.54. The van der Waals surface area contributed by atoms with Crippen molar-refractivity contribution in [2.45, 2.75) is 19.4 Å². The highest BCUT2D eigenvalue weighted by Crippen LogP contribution is 2.33. The SMILES string of the molecule is Cc1csc(N2CC(O)CC2=O)c1C#N. The van der Waals surface area contributed by atoms with E-state index < -0.39 is 6.10 Å². The van der Waals surface area contributed by atoms with Crippen LogP contribution in [-0.2, 0) is 4.79 Å². The molecule has 1 aromatic heterocycles. The van der Waals surface area contributed by atoms with Gasteiger partial charge < -0.3 is 5.11 Å². The molecule has 1 unspecified atom stereocenters. The molecule has 0 spiro atoms. The Balaban J connectivity index is 2.39. The summed E-state index contributed by atoms with van der Waals surface area (Å²) in [7, 11) is 0. The van der Waals surface area contributed by atoms with Crippen LogP contribution in [0.4, 0.5) is 5.00 Å². The van der Waals surface area contributed by atoms with E-state index in [1.54, 1.807) is 0 Å². The molecule has 0 aromatic carbocycles. The fourth-order valence-corrected chi connectivity index (χ4v) is 2.68. The third kappa shape index (κ3) is 1.62. The smallest absolute Gasteiger partial charge is 0.230 e. The topological polar surface area (TPSA) is 64.3 Å². The second-order valence-electron chi connectivity index (χ2n) is 3.57. The van der Waals surface area contributed by atoms with Crippen molar-refractivity contribution in [3.8, 4) is 6.07 Å². The van der Waals surface area contributed by atoms with Crippen molar-refractivity contribution in [1.82, 2.24) is 0 Å². The van der Waals surface area contributed by atoms with Crippen LogP contribution in [0.5, 0.6) is 0 Å². The minimum atomic E-state index is -0.605. The molecule has 1 aliphatic heterocycles. The van der Waals surface area contributed by atoms with Crippen LogP contribution in [0.1, 0.15) is 17.5 Å². The molecule has 4 nitrogen and oxygen atoms in total. The number of hydrogen-bond acceptors (Lipinski definition) is 4. The summed E-state index contributed by atoms with van der Waals surface area (Å²) >= 11 is 1.38. The first-order chi connectivity index (χ1) is 7.13. The van der Waals surface area contributed by atoms with Crippen LogP contribution in [0.25, 0.3) is 0 Å². The van der Waals surface area contributed by atoms with Crippen LogP contribution in [0.2, 0.25) is 0 Å². The van der Waals surface area contributed by atoms with Gasteiger partial charge in [-0.2, -0.15) is 5.26 Å². The Morgan fingerprint density at radius 1 is 1.73 bits per heavy atom. The number of carbonyl (C=O) groups excluding carboxylic acids is 1. The van der Waals surface area contributed by atoms with E-state index in [1.165, 1.54) is 16.2 Å². The second-order valence-corrected chi connectivity index (χ2v) is 4.43.